The van der Waals surface area contributed by atoms with E-state index < -0.39 is 0 Å². The normalized spacial score (nSPS) is 29.1. The van der Waals surface area contributed by atoms with E-state index in [9.17, 15) is 9.59 Å². The average Bonchev–Trinajstić information content (AvgIpc) is 2.67. The number of amides is 3. The monoisotopic (exact) mass is 227 g/mol. The number of rotatable bonds is 1. The number of hydrogen-bond donors (Lipinski definition) is 1. The molecule has 2 saturated heterocycles. The van der Waals surface area contributed by atoms with Crippen LogP contribution in [-0.4, -0.2) is 73.3 Å². The zero-order valence-electron chi connectivity index (χ0n) is 10.1. The van der Waals surface area contributed by atoms with Crippen LogP contribution in [0.1, 0.15) is 6.42 Å². The predicted octanol–water partition coefficient (Wildman–Crippen LogP) is -0.766. The smallest absolute Gasteiger partial charge is 0.357 e. The summed E-state index contributed by atoms with van der Waals surface area (Å²) in [6, 6.07) is -0.312. The summed E-state index contributed by atoms with van der Waals surface area (Å²) in [7, 11) is 5.39. The molecule has 0 saturated carbocycles. The minimum absolute atomic E-state index is 0.0114. The third-order valence-corrected chi connectivity index (χ3v) is 3.44. The summed E-state index contributed by atoms with van der Waals surface area (Å²) in [5.74, 6) is -0.0715. The highest BCUT2D eigenvalue weighted by Gasteiger charge is 2.49. The first-order chi connectivity index (χ1) is 7.47. The van der Waals surface area contributed by atoms with Gasteiger partial charge in [0.2, 0.25) is 5.91 Å². The van der Waals surface area contributed by atoms with Crippen LogP contribution >= 0.6 is 0 Å². The van der Waals surface area contributed by atoms with E-state index >= 15 is 0 Å². The second-order valence-corrected chi connectivity index (χ2v) is 4.91. The van der Waals surface area contributed by atoms with Crippen LogP contribution in [0.2, 0.25) is 0 Å². The number of urea groups is 1. The molecule has 16 heavy (non-hydrogen) atoms. The lowest BCUT2D eigenvalue weighted by atomic mass is 10.2. The lowest BCUT2D eigenvalue weighted by Crippen LogP contribution is -2.66. The Bertz CT molecular complexity index is 329. The van der Waals surface area contributed by atoms with Gasteiger partial charge in [-0.2, -0.15) is 0 Å². The molecule has 0 aromatic carbocycles. The van der Waals surface area contributed by atoms with Gasteiger partial charge in [0.05, 0.1) is 20.6 Å². The summed E-state index contributed by atoms with van der Waals surface area (Å²) < 4.78 is 0.323. The van der Waals surface area contributed by atoms with Crippen molar-refractivity contribution in [2.75, 3.05) is 40.8 Å². The lowest BCUT2D eigenvalue weighted by Gasteiger charge is -2.42. The number of carbonyl (C=O) groups is 2. The molecule has 0 unspecified atom stereocenters. The van der Waals surface area contributed by atoms with E-state index in [1.54, 1.807) is 12.1 Å². The standard InChI is InChI=1S/C10H18N4O2/c1-11-9(15)8-4-5-12-6-7-14(2,3)10(16)13(8)12/h8H,4-7H2,1-3H3/p+1/t8-/m0/s1. The molecule has 3 amide bonds. The fraction of sp³-hybridized carbons (Fsp3) is 0.800. The maximum absolute atomic E-state index is 12.2. The zero-order valence-corrected chi connectivity index (χ0v) is 10.1. The highest BCUT2D eigenvalue weighted by molar-refractivity contribution is 5.85. The van der Waals surface area contributed by atoms with Crippen LogP contribution in [0.5, 0.6) is 0 Å². The van der Waals surface area contributed by atoms with E-state index in [4.69, 9.17) is 0 Å². The number of hydrogen-bond acceptors (Lipinski definition) is 3. The molecular weight excluding hydrogens is 208 g/mol. The molecule has 6 heteroatoms. The third kappa shape index (κ3) is 1.58. The van der Waals surface area contributed by atoms with Gasteiger partial charge in [0.25, 0.3) is 0 Å². The second-order valence-electron chi connectivity index (χ2n) is 4.91. The second kappa shape index (κ2) is 3.71. The van der Waals surface area contributed by atoms with E-state index in [1.807, 2.05) is 19.1 Å². The molecule has 0 radical (unpaired) electrons. The van der Waals surface area contributed by atoms with Crippen LogP contribution in [0.4, 0.5) is 4.79 Å². The Balaban J connectivity index is 2.23. The Kier molecular flexibility index (Phi) is 2.63. The number of hydrazine groups is 1. The Morgan fingerprint density at radius 1 is 1.44 bits per heavy atom. The first-order valence-electron chi connectivity index (χ1n) is 5.60. The number of fused-ring (bicyclic) bond motifs is 1. The van der Waals surface area contributed by atoms with E-state index in [0.717, 1.165) is 26.1 Å². The topological polar surface area (TPSA) is 52.7 Å². The largest absolute Gasteiger partial charge is 0.433 e. The predicted molar refractivity (Wildman–Crippen MR) is 58.3 cm³/mol. The number of quaternary nitrogens is 1. The molecular formula is C10H19N4O2+. The van der Waals surface area contributed by atoms with Crippen molar-refractivity contribution in [1.29, 1.82) is 0 Å². The summed E-state index contributed by atoms with van der Waals surface area (Å²) in [4.78, 5) is 23.9. The molecule has 2 heterocycles. The third-order valence-electron chi connectivity index (χ3n) is 3.44. The molecule has 2 fully saturated rings. The number of nitrogens with zero attached hydrogens (tertiary/aromatic N) is 3. The van der Waals surface area contributed by atoms with Crippen LogP contribution < -0.4 is 5.32 Å². The SMILES string of the molecule is CNC(=O)[C@@H]1CCN2CC[N+](C)(C)C(=O)N12. The summed E-state index contributed by atoms with van der Waals surface area (Å²) in [5.41, 5.74) is 0. The molecule has 2 aliphatic heterocycles. The van der Waals surface area contributed by atoms with Gasteiger partial charge < -0.3 is 5.32 Å². The quantitative estimate of drug-likeness (QED) is 0.599. The molecule has 0 bridgehead atoms. The molecule has 0 aliphatic carbocycles. The molecule has 6 nitrogen and oxygen atoms in total. The molecule has 90 valence electrons. The number of likely N-dealkylation sites (N-methyl/N-ethyl adjacent to an activating group) is 2. The van der Waals surface area contributed by atoms with Gasteiger partial charge in [-0.25, -0.2) is 19.3 Å². The Morgan fingerprint density at radius 3 is 2.75 bits per heavy atom. The van der Waals surface area contributed by atoms with Gasteiger partial charge in [0.15, 0.2) is 0 Å². The van der Waals surface area contributed by atoms with Crippen molar-refractivity contribution in [3.63, 3.8) is 0 Å². The summed E-state index contributed by atoms with van der Waals surface area (Å²) >= 11 is 0. The van der Waals surface area contributed by atoms with Gasteiger partial charge in [-0.3, -0.25) is 4.79 Å². The van der Waals surface area contributed by atoms with Crippen molar-refractivity contribution in [3.05, 3.63) is 0 Å². The van der Waals surface area contributed by atoms with E-state index in [1.165, 1.54) is 0 Å². The van der Waals surface area contributed by atoms with Gasteiger partial charge in [-0.1, -0.05) is 0 Å². The maximum Gasteiger partial charge on any atom is 0.433 e. The Morgan fingerprint density at radius 2 is 2.12 bits per heavy atom. The van der Waals surface area contributed by atoms with Crippen molar-refractivity contribution < 1.29 is 14.1 Å². The Labute approximate surface area is 95.3 Å². The zero-order chi connectivity index (χ0) is 11.9. The van der Waals surface area contributed by atoms with E-state index in [0.29, 0.717) is 4.48 Å². The van der Waals surface area contributed by atoms with Crippen LogP contribution in [0.25, 0.3) is 0 Å². The van der Waals surface area contributed by atoms with Gasteiger partial charge in [0, 0.05) is 13.6 Å². The molecule has 0 aromatic rings. The summed E-state index contributed by atoms with van der Waals surface area (Å²) in [6.07, 6.45) is 0.728. The molecule has 0 aromatic heterocycles. The minimum atomic E-state index is -0.324. The van der Waals surface area contributed by atoms with Crippen molar-refractivity contribution >= 4 is 11.9 Å². The molecule has 1 atom stereocenters. The average molecular weight is 227 g/mol. The van der Waals surface area contributed by atoms with Gasteiger partial charge in [0.1, 0.15) is 12.6 Å². The van der Waals surface area contributed by atoms with Crippen molar-refractivity contribution in [1.82, 2.24) is 15.3 Å². The number of nitrogens with one attached hydrogen (secondary N) is 1. The van der Waals surface area contributed by atoms with Crippen molar-refractivity contribution in [2.45, 2.75) is 12.5 Å². The van der Waals surface area contributed by atoms with Crippen LogP contribution in [0, 0.1) is 0 Å². The number of carbonyl (C=O) groups excluding carboxylic acids is 2. The lowest BCUT2D eigenvalue weighted by molar-refractivity contribution is -0.820. The van der Waals surface area contributed by atoms with Crippen LogP contribution in [0.3, 0.4) is 0 Å². The van der Waals surface area contributed by atoms with Crippen LogP contribution in [-0.2, 0) is 4.79 Å². The maximum atomic E-state index is 12.2. The summed E-state index contributed by atoms with van der Waals surface area (Å²) in [6.45, 7) is 2.44. The first-order valence-corrected chi connectivity index (χ1v) is 5.60. The molecule has 0 spiro atoms. The highest BCUT2D eigenvalue weighted by Crippen LogP contribution is 2.25. The minimum Gasteiger partial charge on any atom is -0.357 e. The van der Waals surface area contributed by atoms with Gasteiger partial charge in [-0.05, 0) is 6.42 Å². The summed E-state index contributed by atoms with van der Waals surface area (Å²) in [5, 5.41) is 6.25. The fourth-order valence-electron chi connectivity index (χ4n) is 2.32. The van der Waals surface area contributed by atoms with Crippen molar-refractivity contribution in [2.24, 2.45) is 0 Å². The molecule has 2 rings (SSSR count). The Hall–Kier alpha value is -1.14. The van der Waals surface area contributed by atoms with E-state index in [2.05, 4.69) is 5.32 Å². The molecule has 2 aliphatic rings. The molecule has 1 N–H and O–H groups in total. The van der Waals surface area contributed by atoms with Crippen molar-refractivity contribution in [3.8, 4) is 0 Å². The fourth-order valence-corrected chi connectivity index (χ4v) is 2.32. The van der Waals surface area contributed by atoms with E-state index in [-0.39, 0.29) is 18.0 Å². The van der Waals surface area contributed by atoms with Gasteiger partial charge in [-0.15, -0.1) is 0 Å². The van der Waals surface area contributed by atoms with Crippen LogP contribution in [0.15, 0.2) is 0 Å². The van der Waals surface area contributed by atoms with Gasteiger partial charge >= 0.3 is 6.03 Å². The highest BCUT2D eigenvalue weighted by atomic mass is 16.2. The first kappa shape index (κ1) is 11.3.